The van der Waals surface area contributed by atoms with Crippen molar-refractivity contribution in [2.24, 2.45) is 0 Å². The number of esters is 3. The molecule has 0 spiro atoms. The smallest absolute Gasteiger partial charge is 0.303 e. The number of aliphatic hydroxyl groups is 2. The molecule has 9 heteroatoms. The van der Waals surface area contributed by atoms with Crippen molar-refractivity contribution in [3.8, 4) is 0 Å². The molecule has 5 atom stereocenters. The molecule has 2 unspecified atom stereocenters. The molecule has 0 aromatic heterocycles. The van der Waals surface area contributed by atoms with Crippen LogP contribution < -0.4 is 0 Å². The molecule has 1 aliphatic rings. The normalized spacial score (nSPS) is 32.1. The van der Waals surface area contributed by atoms with Crippen molar-refractivity contribution < 1.29 is 43.5 Å². The van der Waals surface area contributed by atoms with E-state index in [2.05, 4.69) is 0 Å². The summed E-state index contributed by atoms with van der Waals surface area (Å²) in [5.74, 6) is -2.19. The lowest BCUT2D eigenvalue weighted by molar-refractivity contribution is -0.295. The largest absolute Gasteiger partial charge is 0.456 e. The van der Waals surface area contributed by atoms with E-state index >= 15 is 0 Å². The molecule has 0 radical (unpaired) electrons. The van der Waals surface area contributed by atoms with Gasteiger partial charge in [0.1, 0.15) is 6.10 Å². The quantitative estimate of drug-likeness (QED) is 0.470. The predicted octanol–water partition coefficient (Wildman–Crippen LogP) is -1.51. The van der Waals surface area contributed by atoms with Crippen LogP contribution >= 0.6 is 0 Å². The Labute approximate surface area is 120 Å². The Bertz CT molecular complexity index is 408. The molecule has 2 N–H and O–H groups in total. The lowest BCUT2D eigenvalue weighted by Gasteiger charge is -2.42. The standard InChI is InChI=1S/C12H18O9/c1-5(14)18-9-8(4-13)21-12(17)11(20-7(3)16)10(9)19-6(2)15/h8-13,17H,4H2,1-3H3/t8-,9+,10?,11+,12?/m1/s1. The molecule has 21 heavy (non-hydrogen) atoms. The van der Waals surface area contributed by atoms with Crippen molar-refractivity contribution in [3.63, 3.8) is 0 Å². The Hall–Kier alpha value is -1.71. The summed E-state index contributed by atoms with van der Waals surface area (Å²) in [7, 11) is 0. The van der Waals surface area contributed by atoms with Crippen LogP contribution in [0.15, 0.2) is 0 Å². The maximum atomic E-state index is 11.2. The zero-order valence-corrected chi connectivity index (χ0v) is 11.8. The molecule has 0 bridgehead atoms. The molecule has 1 aliphatic heterocycles. The van der Waals surface area contributed by atoms with E-state index in [-0.39, 0.29) is 0 Å². The zero-order chi connectivity index (χ0) is 16.2. The second-order valence-corrected chi connectivity index (χ2v) is 4.47. The third-order valence-electron chi connectivity index (χ3n) is 2.70. The van der Waals surface area contributed by atoms with Crippen molar-refractivity contribution in [1.82, 2.24) is 0 Å². The van der Waals surface area contributed by atoms with E-state index in [0.717, 1.165) is 20.8 Å². The Balaban J connectivity index is 3.08. The third-order valence-corrected chi connectivity index (χ3v) is 2.70. The Morgan fingerprint density at radius 1 is 0.905 bits per heavy atom. The van der Waals surface area contributed by atoms with Crippen LogP contribution in [0.2, 0.25) is 0 Å². The number of aliphatic hydroxyl groups excluding tert-OH is 2. The molecule has 1 heterocycles. The Kier molecular flexibility index (Phi) is 6.06. The van der Waals surface area contributed by atoms with Gasteiger partial charge in [-0.3, -0.25) is 14.4 Å². The summed E-state index contributed by atoms with van der Waals surface area (Å²) >= 11 is 0. The molecule has 0 aliphatic carbocycles. The molecule has 0 amide bonds. The third kappa shape index (κ3) is 4.66. The van der Waals surface area contributed by atoms with Crippen LogP contribution in [0.5, 0.6) is 0 Å². The van der Waals surface area contributed by atoms with Gasteiger partial charge in [0.25, 0.3) is 0 Å². The highest BCUT2D eigenvalue weighted by molar-refractivity contribution is 5.68. The number of rotatable bonds is 4. The molecule has 0 aromatic carbocycles. The van der Waals surface area contributed by atoms with Gasteiger partial charge in [0.05, 0.1) is 6.61 Å². The van der Waals surface area contributed by atoms with E-state index in [0.29, 0.717) is 0 Å². The van der Waals surface area contributed by atoms with Gasteiger partial charge in [0.2, 0.25) is 0 Å². The Morgan fingerprint density at radius 3 is 1.76 bits per heavy atom. The molecule has 1 fully saturated rings. The maximum Gasteiger partial charge on any atom is 0.303 e. The summed E-state index contributed by atoms with van der Waals surface area (Å²) in [6.07, 6.45) is -6.65. The first kappa shape index (κ1) is 17.3. The van der Waals surface area contributed by atoms with Gasteiger partial charge in [0.15, 0.2) is 24.6 Å². The van der Waals surface area contributed by atoms with Crippen LogP contribution in [-0.2, 0) is 33.3 Å². The number of hydrogen-bond donors (Lipinski definition) is 2. The van der Waals surface area contributed by atoms with E-state index < -0.39 is 55.2 Å². The van der Waals surface area contributed by atoms with Crippen molar-refractivity contribution >= 4 is 17.9 Å². The van der Waals surface area contributed by atoms with Crippen LogP contribution in [0.25, 0.3) is 0 Å². The molecular weight excluding hydrogens is 288 g/mol. The Morgan fingerprint density at radius 2 is 1.33 bits per heavy atom. The SMILES string of the molecule is CC(=O)OC1[C@H](OC(C)=O)C(O)O[C@H](CO)[C@@H]1OC(C)=O. The summed E-state index contributed by atoms with van der Waals surface area (Å²) in [4.78, 5) is 33.4. The first-order chi connectivity index (χ1) is 9.76. The van der Waals surface area contributed by atoms with Gasteiger partial charge >= 0.3 is 17.9 Å². The highest BCUT2D eigenvalue weighted by Crippen LogP contribution is 2.27. The lowest BCUT2D eigenvalue weighted by atomic mass is 9.98. The van der Waals surface area contributed by atoms with Gasteiger partial charge in [-0.1, -0.05) is 0 Å². The van der Waals surface area contributed by atoms with Crippen LogP contribution in [0.4, 0.5) is 0 Å². The van der Waals surface area contributed by atoms with Crippen molar-refractivity contribution in [1.29, 1.82) is 0 Å². The van der Waals surface area contributed by atoms with E-state index in [9.17, 15) is 24.6 Å². The summed E-state index contributed by atoms with van der Waals surface area (Å²) in [5, 5.41) is 19.0. The minimum Gasteiger partial charge on any atom is -0.456 e. The topological polar surface area (TPSA) is 129 Å². The van der Waals surface area contributed by atoms with Gasteiger partial charge in [-0.25, -0.2) is 0 Å². The number of hydrogen-bond acceptors (Lipinski definition) is 9. The van der Waals surface area contributed by atoms with Crippen LogP contribution in [0.1, 0.15) is 20.8 Å². The lowest BCUT2D eigenvalue weighted by Crippen LogP contribution is -2.62. The number of carbonyl (C=O) groups excluding carboxylic acids is 3. The van der Waals surface area contributed by atoms with E-state index in [1.165, 1.54) is 0 Å². The fourth-order valence-corrected chi connectivity index (χ4v) is 2.02. The second-order valence-electron chi connectivity index (χ2n) is 4.47. The molecule has 120 valence electrons. The average Bonchev–Trinajstić information content (AvgIpc) is 2.35. The van der Waals surface area contributed by atoms with Gasteiger partial charge in [-0.15, -0.1) is 0 Å². The first-order valence-corrected chi connectivity index (χ1v) is 6.22. The predicted molar refractivity (Wildman–Crippen MR) is 64.6 cm³/mol. The molecule has 1 saturated heterocycles. The van der Waals surface area contributed by atoms with Crippen LogP contribution in [0, 0.1) is 0 Å². The first-order valence-electron chi connectivity index (χ1n) is 6.22. The molecular formula is C12H18O9. The molecule has 0 saturated carbocycles. The minimum atomic E-state index is -1.64. The van der Waals surface area contributed by atoms with Crippen molar-refractivity contribution in [3.05, 3.63) is 0 Å². The number of carbonyl (C=O) groups is 3. The van der Waals surface area contributed by atoms with Crippen LogP contribution in [-0.4, -0.2) is 65.4 Å². The average molecular weight is 306 g/mol. The summed E-state index contributed by atoms with van der Waals surface area (Å²) < 4.78 is 19.8. The second kappa shape index (κ2) is 7.34. The van der Waals surface area contributed by atoms with E-state index in [4.69, 9.17) is 18.9 Å². The maximum absolute atomic E-state index is 11.2. The molecule has 1 rings (SSSR count). The summed E-state index contributed by atoms with van der Waals surface area (Å²) in [6, 6.07) is 0. The highest BCUT2D eigenvalue weighted by Gasteiger charge is 2.51. The monoisotopic (exact) mass is 306 g/mol. The van der Waals surface area contributed by atoms with Crippen molar-refractivity contribution in [2.45, 2.75) is 51.5 Å². The van der Waals surface area contributed by atoms with Gasteiger partial charge < -0.3 is 29.2 Å². The van der Waals surface area contributed by atoms with Crippen LogP contribution in [0.3, 0.4) is 0 Å². The molecule has 0 aromatic rings. The minimum absolute atomic E-state index is 0.598. The zero-order valence-electron chi connectivity index (χ0n) is 11.8. The van der Waals surface area contributed by atoms with E-state index in [1.807, 2.05) is 0 Å². The number of ether oxygens (including phenoxy) is 4. The summed E-state index contributed by atoms with van der Waals surface area (Å²) in [6.45, 7) is 2.71. The van der Waals surface area contributed by atoms with Gasteiger partial charge in [0, 0.05) is 20.8 Å². The highest BCUT2D eigenvalue weighted by atomic mass is 16.7. The summed E-state index contributed by atoms with van der Waals surface area (Å²) in [5.41, 5.74) is 0. The van der Waals surface area contributed by atoms with Crippen molar-refractivity contribution in [2.75, 3.05) is 6.61 Å². The van der Waals surface area contributed by atoms with E-state index in [1.54, 1.807) is 0 Å². The van der Waals surface area contributed by atoms with Gasteiger partial charge in [-0.05, 0) is 0 Å². The van der Waals surface area contributed by atoms with Gasteiger partial charge in [-0.2, -0.15) is 0 Å². The fourth-order valence-electron chi connectivity index (χ4n) is 2.02. The molecule has 9 nitrogen and oxygen atoms in total. The fraction of sp³-hybridized carbons (Fsp3) is 0.750.